The van der Waals surface area contributed by atoms with E-state index < -0.39 is 0 Å². The largest absolute Gasteiger partial charge is 0.252 e. The van der Waals surface area contributed by atoms with E-state index in [2.05, 4.69) is 21.9 Å². The van der Waals surface area contributed by atoms with Crippen molar-refractivity contribution < 1.29 is 0 Å². The minimum absolute atomic E-state index is 0.834. The molecule has 0 N–H and O–H groups in total. The maximum Gasteiger partial charge on any atom is 0.137 e. The summed E-state index contributed by atoms with van der Waals surface area (Å²) < 4.78 is 1.77. The highest BCUT2D eigenvalue weighted by molar-refractivity contribution is 4.94. The normalized spacial score (nSPS) is 8.50. The molecule has 10 heavy (non-hydrogen) atoms. The molecule has 0 saturated heterocycles. The summed E-state index contributed by atoms with van der Waals surface area (Å²) in [5.41, 5.74) is 0. The maximum atomic E-state index is 3.93. The number of aryl methyl sites for hydroxylation is 1. The molecule has 0 aliphatic rings. The molecular formula is C7H9N3. The molecule has 0 fully saturated rings. The van der Waals surface area contributed by atoms with Crippen molar-refractivity contribution >= 4 is 0 Å². The second-order valence-electron chi connectivity index (χ2n) is 1.84. The van der Waals surface area contributed by atoms with E-state index in [9.17, 15) is 0 Å². The second-order valence-corrected chi connectivity index (χ2v) is 1.84. The van der Waals surface area contributed by atoms with E-state index in [-0.39, 0.29) is 0 Å². The lowest BCUT2D eigenvalue weighted by atomic mass is 10.4. The molecule has 1 aromatic heterocycles. The fourth-order valence-electron chi connectivity index (χ4n) is 0.644. The van der Waals surface area contributed by atoms with Crippen molar-refractivity contribution in [3.05, 3.63) is 12.7 Å². The van der Waals surface area contributed by atoms with E-state index in [1.165, 1.54) is 6.33 Å². The summed E-state index contributed by atoms with van der Waals surface area (Å²) in [5.74, 6) is 5.77. The van der Waals surface area contributed by atoms with Crippen LogP contribution in [0, 0.1) is 11.8 Å². The molecule has 0 amide bonds. The molecule has 0 bridgehead atoms. The van der Waals surface area contributed by atoms with Crippen molar-refractivity contribution in [3.63, 3.8) is 0 Å². The van der Waals surface area contributed by atoms with Gasteiger partial charge in [-0.25, -0.2) is 4.98 Å². The average molecular weight is 135 g/mol. The van der Waals surface area contributed by atoms with Gasteiger partial charge in [0.25, 0.3) is 0 Å². The van der Waals surface area contributed by atoms with Crippen LogP contribution in [0.25, 0.3) is 0 Å². The first kappa shape index (κ1) is 6.81. The van der Waals surface area contributed by atoms with E-state index in [4.69, 9.17) is 0 Å². The van der Waals surface area contributed by atoms with Crippen LogP contribution in [0.1, 0.15) is 13.3 Å². The lowest BCUT2D eigenvalue weighted by molar-refractivity contribution is 0.628. The molecule has 0 aliphatic carbocycles. The Kier molecular flexibility index (Phi) is 2.50. The van der Waals surface area contributed by atoms with Crippen LogP contribution in [0.5, 0.6) is 0 Å². The summed E-state index contributed by atoms with van der Waals surface area (Å²) in [6.45, 7) is 2.67. The van der Waals surface area contributed by atoms with Gasteiger partial charge in [-0.15, -0.1) is 11.8 Å². The van der Waals surface area contributed by atoms with Gasteiger partial charge in [-0.05, 0) is 6.92 Å². The Morgan fingerprint density at radius 1 is 1.60 bits per heavy atom. The molecule has 0 unspecified atom stereocenters. The number of rotatable bonds is 2. The minimum atomic E-state index is 0.834. The molecule has 0 saturated carbocycles. The first-order valence-corrected chi connectivity index (χ1v) is 3.15. The van der Waals surface area contributed by atoms with Crippen molar-refractivity contribution in [2.45, 2.75) is 19.9 Å². The predicted octanol–water partition coefficient (Wildman–Crippen LogP) is 0.691. The van der Waals surface area contributed by atoms with Gasteiger partial charge in [0, 0.05) is 6.42 Å². The van der Waals surface area contributed by atoms with Gasteiger partial charge in [0.05, 0.1) is 6.54 Å². The lowest BCUT2D eigenvalue weighted by Gasteiger charge is -1.91. The second kappa shape index (κ2) is 3.67. The number of hydrogen-bond acceptors (Lipinski definition) is 2. The molecule has 0 aromatic carbocycles. The first-order chi connectivity index (χ1) is 4.93. The fourth-order valence-corrected chi connectivity index (χ4v) is 0.644. The maximum absolute atomic E-state index is 3.93. The van der Waals surface area contributed by atoms with Gasteiger partial charge in [-0.3, -0.25) is 4.68 Å². The average Bonchev–Trinajstić information content (AvgIpc) is 2.41. The Morgan fingerprint density at radius 2 is 2.50 bits per heavy atom. The van der Waals surface area contributed by atoms with Crippen LogP contribution in [-0.2, 0) is 6.54 Å². The topological polar surface area (TPSA) is 30.7 Å². The van der Waals surface area contributed by atoms with Crippen LogP contribution in [0.2, 0.25) is 0 Å². The highest BCUT2D eigenvalue weighted by Gasteiger charge is 1.85. The van der Waals surface area contributed by atoms with Crippen LogP contribution in [-0.4, -0.2) is 14.8 Å². The van der Waals surface area contributed by atoms with Crippen LogP contribution < -0.4 is 0 Å². The first-order valence-electron chi connectivity index (χ1n) is 3.15. The number of aromatic nitrogens is 3. The number of nitrogens with zero attached hydrogens (tertiary/aromatic N) is 3. The predicted molar refractivity (Wildman–Crippen MR) is 38.1 cm³/mol. The molecule has 0 aliphatic heterocycles. The molecule has 52 valence electrons. The Hall–Kier alpha value is -1.30. The summed E-state index contributed by atoms with van der Waals surface area (Å²) >= 11 is 0. The molecular weight excluding hydrogens is 126 g/mol. The molecule has 0 radical (unpaired) electrons. The molecule has 3 nitrogen and oxygen atoms in total. The fraction of sp³-hybridized carbons (Fsp3) is 0.429. The van der Waals surface area contributed by atoms with Crippen molar-refractivity contribution in [2.75, 3.05) is 0 Å². The van der Waals surface area contributed by atoms with Gasteiger partial charge < -0.3 is 0 Å². The SMILES string of the molecule is CC#CCCn1cncn1. The summed E-state index contributed by atoms with van der Waals surface area (Å²) in [6, 6.07) is 0. The van der Waals surface area contributed by atoms with Gasteiger partial charge in [0.2, 0.25) is 0 Å². The molecule has 1 rings (SSSR count). The third-order valence-electron chi connectivity index (χ3n) is 1.11. The molecule has 3 heteroatoms. The smallest absolute Gasteiger partial charge is 0.137 e. The van der Waals surface area contributed by atoms with Crippen molar-refractivity contribution in [3.8, 4) is 11.8 Å². The lowest BCUT2D eigenvalue weighted by Crippen LogP contribution is -1.96. The Bertz CT molecular complexity index is 227. The summed E-state index contributed by atoms with van der Waals surface area (Å²) in [5, 5.41) is 3.93. The zero-order valence-corrected chi connectivity index (χ0v) is 5.91. The number of hydrogen-bond donors (Lipinski definition) is 0. The van der Waals surface area contributed by atoms with Crippen LogP contribution >= 0.6 is 0 Å². The van der Waals surface area contributed by atoms with Crippen molar-refractivity contribution in [1.82, 2.24) is 14.8 Å². The van der Waals surface area contributed by atoms with Gasteiger partial charge in [0.15, 0.2) is 0 Å². The van der Waals surface area contributed by atoms with E-state index in [1.54, 1.807) is 11.0 Å². The Labute approximate surface area is 60.1 Å². The van der Waals surface area contributed by atoms with Crippen molar-refractivity contribution in [2.24, 2.45) is 0 Å². The van der Waals surface area contributed by atoms with E-state index in [0.29, 0.717) is 0 Å². The van der Waals surface area contributed by atoms with Gasteiger partial charge in [-0.1, -0.05) is 0 Å². The molecule has 0 atom stereocenters. The highest BCUT2D eigenvalue weighted by Crippen LogP contribution is 1.83. The zero-order chi connectivity index (χ0) is 7.23. The van der Waals surface area contributed by atoms with E-state index >= 15 is 0 Å². The molecule has 0 spiro atoms. The monoisotopic (exact) mass is 135 g/mol. The van der Waals surface area contributed by atoms with Gasteiger partial charge >= 0.3 is 0 Å². The van der Waals surface area contributed by atoms with Gasteiger partial charge in [-0.2, -0.15) is 5.10 Å². The van der Waals surface area contributed by atoms with Crippen LogP contribution in [0.4, 0.5) is 0 Å². The van der Waals surface area contributed by atoms with Gasteiger partial charge in [0.1, 0.15) is 12.7 Å². The third-order valence-corrected chi connectivity index (χ3v) is 1.11. The van der Waals surface area contributed by atoms with Crippen LogP contribution in [0.15, 0.2) is 12.7 Å². The zero-order valence-electron chi connectivity index (χ0n) is 5.91. The van der Waals surface area contributed by atoms with E-state index in [0.717, 1.165) is 13.0 Å². The Morgan fingerprint density at radius 3 is 3.10 bits per heavy atom. The molecule has 1 heterocycles. The summed E-state index contributed by atoms with van der Waals surface area (Å²) in [4.78, 5) is 3.80. The summed E-state index contributed by atoms with van der Waals surface area (Å²) in [7, 11) is 0. The quantitative estimate of drug-likeness (QED) is 0.558. The van der Waals surface area contributed by atoms with Crippen LogP contribution in [0.3, 0.4) is 0 Å². The Balaban J connectivity index is 2.32. The molecule has 1 aromatic rings. The van der Waals surface area contributed by atoms with E-state index in [1.807, 2.05) is 6.92 Å². The third kappa shape index (κ3) is 1.90. The summed E-state index contributed by atoms with van der Waals surface area (Å²) in [6.07, 6.45) is 4.07. The van der Waals surface area contributed by atoms with Crippen molar-refractivity contribution in [1.29, 1.82) is 0 Å². The highest BCUT2D eigenvalue weighted by atomic mass is 15.3. The minimum Gasteiger partial charge on any atom is -0.252 e. The standard InChI is InChI=1S/C7H9N3/c1-2-3-4-5-10-7-8-6-9-10/h6-7H,4-5H2,1H3.